The zero-order valence-corrected chi connectivity index (χ0v) is 15.4. The van der Waals surface area contributed by atoms with Crippen molar-refractivity contribution in [3.8, 4) is 0 Å². The number of aliphatic hydroxyl groups is 1. The Morgan fingerprint density at radius 1 is 1.23 bits per heavy atom. The lowest BCUT2D eigenvalue weighted by Gasteiger charge is -2.26. The summed E-state index contributed by atoms with van der Waals surface area (Å²) in [6.45, 7) is 0.435. The zero-order valence-electron chi connectivity index (χ0n) is 14.6. The third-order valence-electron chi connectivity index (χ3n) is 5.36. The first-order chi connectivity index (χ1) is 12.7. The van der Waals surface area contributed by atoms with E-state index in [0.717, 1.165) is 41.5 Å². The van der Waals surface area contributed by atoms with Crippen molar-refractivity contribution in [3.05, 3.63) is 58.5 Å². The molecule has 2 aromatic heterocycles. The Balaban J connectivity index is 1.38. The minimum Gasteiger partial charge on any atom is -0.458 e. The van der Waals surface area contributed by atoms with E-state index < -0.39 is 6.10 Å². The Morgan fingerprint density at radius 3 is 2.77 bits per heavy atom. The molecule has 0 aliphatic heterocycles. The van der Waals surface area contributed by atoms with E-state index in [1.54, 1.807) is 11.3 Å². The van der Waals surface area contributed by atoms with Crippen molar-refractivity contribution < 1.29 is 14.3 Å². The average molecular weight is 369 g/mol. The Morgan fingerprint density at radius 2 is 2.04 bits per heavy atom. The normalized spacial score (nSPS) is 17.4. The van der Waals surface area contributed by atoms with E-state index in [1.165, 1.54) is 0 Å². The molecule has 0 saturated heterocycles. The van der Waals surface area contributed by atoms with E-state index >= 15 is 0 Å². The molecular weight excluding hydrogens is 346 g/mol. The van der Waals surface area contributed by atoms with Crippen LogP contribution in [0.5, 0.6) is 0 Å². The van der Waals surface area contributed by atoms with Gasteiger partial charge in [0.2, 0.25) is 5.91 Å². The van der Waals surface area contributed by atoms with Crippen LogP contribution in [0.25, 0.3) is 11.0 Å². The molecule has 1 aliphatic rings. The van der Waals surface area contributed by atoms with E-state index in [2.05, 4.69) is 11.4 Å². The summed E-state index contributed by atoms with van der Waals surface area (Å²) >= 11 is 1.66. The van der Waals surface area contributed by atoms with Crippen molar-refractivity contribution in [2.24, 2.45) is 0 Å². The van der Waals surface area contributed by atoms with E-state index in [9.17, 15) is 9.90 Å². The number of thiophene rings is 1. The van der Waals surface area contributed by atoms with Gasteiger partial charge in [0.25, 0.3) is 0 Å². The van der Waals surface area contributed by atoms with Gasteiger partial charge in [-0.25, -0.2) is 0 Å². The van der Waals surface area contributed by atoms with Gasteiger partial charge in [-0.15, -0.1) is 11.3 Å². The fraction of sp³-hybridized carbons (Fsp3) is 0.381. The van der Waals surface area contributed by atoms with Crippen LogP contribution in [0.1, 0.15) is 48.8 Å². The maximum Gasteiger partial charge on any atom is 0.231 e. The fourth-order valence-corrected chi connectivity index (χ4v) is 4.90. The first-order valence-electron chi connectivity index (χ1n) is 9.18. The van der Waals surface area contributed by atoms with Crippen molar-refractivity contribution in [1.29, 1.82) is 0 Å². The molecule has 0 bridgehead atoms. The summed E-state index contributed by atoms with van der Waals surface area (Å²) in [5.74, 6) is 0.642. The lowest BCUT2D eigenvalue weighted by Crippen LogP contribution is -2.42. The van der Waals surface area contributed by atoms with Crippen LogP contribution in [0.3, 0.4) is 0 Å². The predicted octanol–water partition coefficient (Wildman–Crippen LogP) is 4.55. The van der Waals surface area contributed by atoms with E-state index in [0.29, 0.717) is 18.7 Å². The molecule has 1 atom stereocenters. The summed E-state index contributed by atoms with van der Waals surface area (Å²) in [6, 6.07) is 13.6. The van der Waals surface area contributed by atoms with Crippen LogP contribution in [-0.4, -0.2) is 17.6 Å². The molecule has 0 radical (unpaired) electrons. The van der Waals surface area contributed by atoms with E-state index in [1.807, 2.05) is 41.8 Å². The minimum absolute atomic E-state index is 0.0919. The SMILES string of the molecule is O=C(NCCC(O)c1cc2ccccc2o1)C1(c2cccs2)CCCC1. The summed E-state index contributed by atoms with van der Waals surface area (Å²) in [7, 11) is 0. The predicted molar refractivity (Wildman–Crippen MR) is 103 cm³/mol. The number of aliphatic hydroxyl groups excluding tert-OH is 1. The molecule has 2 N–H and O–H groups in total. The first kappa shape index (κ1) is 17.3. The Kier molecular flexibility index (Phi) is 4.83. The highest BCUT2D eigenvalue weighted by Crippen LogP contribution is 2.43. The van der Waals surface area contributed by atoms with Crippen molar-refractivity contribution in [1.82, 2.24) is 5.32 Å². The number of hydrogen-bond acceptors (Lipinski definition) is 4. The summed E-state index contributed by atoms with van der Waals surface area (Å²) in [5, 5.41) is 16.5. The van der Waals surface area contributed by atoms with Crippen LogP contribution in [0.4, 0.5) is 0 Å². The van der Waals surface area contributed by atoms with Gasteiger partial charge in [0.05, 0.1) is 5.41 Å². The average Bonchev–Trinajstić information content (AvgIpc) is 3.41. The van der Waals surface area contributed by atoms with Crippen molar-refractivity contribution >= 4 is 28.2 Å². The molecule has 1 amide bonds. The Hall–Kier alpha value is -2.11. The number of nitrogens with one attached hydrogen (secondary N) is 1. The lowest BCUT2D eigenvalue weighted by atomic mass is 9.83. The van der Waals surface area contributed by atoms with Gasteiger partial charge in [-0.1, -0.05) is 37.1 Å². The highest BCUT2D eigenvalue weighted by atomic mass is 32.1. The van der Waals surface area contributed by atoms with Gasteiger partial charge in [-0.3, -0.25) is 4.79 Å². The number of hydrogen-bond donors (Lipinski definition) is 2. The van der Waals surface area contributed by atoms with Gasteiger partial charge in [-0.2, -0.15) is 0 Å². The number of furan rings is 1. The van der Waals surface area contributed by atoms with Crippen LogP contribution >= 0.6 is 11.3 Å². The second-order valence-corrected chi connectivity index (χ2v) is 7.96. The van der Waals surface area contributed by atoms with Crippen LogP contribution in [0.2, 0.25) is 0 Å². The van der Waals surface area contributed by atoms with Gasteiger partial charge >= 0.3 is 0 Å². The standard InChI is InChI=1S/C21H23NO3S/c23-16(18-14-15-6-1-2-7-17(15)25-18)9-12-22-20(24)21(10-3-4-11-21)19-8-5-13-26-19/h1-2,5-8,13-14,16,23H,3-4,9-12H2,(H,22,24). The summed E-state index contributed by atoms with van der Waals surface area (Å²) in [6.07, 6.45) is 3.71. The summed E-state index contributed by atoms with van der Waals surface area (Å²) < 4.78 is 5.70. The fourth-order valence-electron chi connectivity index (χ4n) is 3.92. The summed E-state index contributed by atoms with van der Waals surface area (Å²) in [4.78, 5) is 14.1. The number of para-hydroxylation sites is 1. The number of carbonyl (C=O) groups excluding carboxylic acids is 1. The number of benzene rings is 1. The third-order valence-corrected chi connectivity index (χ3v) is 6.43. The zero-order chi connectivity index (χ0) is 18.0. The molecule has 1 aromatic carbocycles. The Bertz CT molecular complexity index is 845. The molecule has 1 unspecified atom stereocenters. The maximum atomic E-state index is 12.9. The van der Waals surface area contributed by atoms with Gasteiger partial charge in [0, 0.05) is 16.8 Å². The van der Waals surface area contributed by atoms with Crippen molar-refractivity contribution in [2.75, 3.05) is 6.54 Å². The highest BCUT2D eigenvalue weighted by Gasteiger charge is 2.43. The van der Waals surface area contributed by atoms with Crippen LogP contribution in [-0.2, 0) is 10.2 Å². The maximum absolute atomic E-state index is 12.9. The number of rotatable bonds is 6. The molecule has 136 valence electrons. The van der Waals surface area contributed by atoms with Crippen LogP contribution < -0.4 is 5.32 Å². The van der Waals surface area contributed by atoms with Crippen LogP contribution in [0.15, 0.2) is 52.3 Å². The molecule has 5 heteroatoms. The second-order valence-electron chi connectivity index (χ2n) is 7.01. The second kappa shape index (κ2) is 7.25. The largest absolute Gasteiger partial charge is 0.458 e. The number of amides is 1. The molecule has 3 aromatic rings. The topological polar surface area (TPSA) is 62.5 Å². The third kappa shape index (κ3) is 3.17. The number of carbonyl (C=O) groups is 1. The van der Waals surface area contributed by atoms with Crippen LogP contribution in [0, 0.1) is 0 Å². The van der Waals surface area contributed by atoms with Crippen molar-refractivity contribution in [2.45, 2.75) is 43.6 Å². The molecule has 4 nitrogen and oxygen atoms in total. The highest BCUT2D eigenvalue weighted by molar-refractivity contribution is 7.10. The lowest BCUT2D eigenvalue weighted by molar-refractivity contribution is -0.126. The van der Waals surface area contributed by atoms with Gasteiger partial charge in [0.1, 0.15) is 17.4 Å². The van der Waals surface area contributed by atoms with Crippen molar-refractivity contribution in [3.63, 3.8) is 0 Å². The van der Waals surface area contributed by atoms with E-state index in [4.69, 9.17) is 4.42 Å². The molecule has 0 spiro atoms. The smallest absolute Gasteiger partial charge is 0.231 e. The quantitative estimate of drug-likeness (QED) is 0.670. The van der Waals surface area contributed by atoms with E-state index in [-0.39, 0.29) is 11.3 Å². The molecule has 1 fully saturated rings. The molecule has 4 rings (SSSR count). The van der Waals surface area contributed by atoms with Gasteiger partial charge in [-0.05, 0) is 42.8 Å². The molecule has 1 saturated carbocycles. The molecule has 2 heterocycles. The monoisotopic (exact) mass is 369 g/mol. The summed E-state index contributed by atoms with van der Waals surface area (Å²) in [5.41, 5.74) is 0.395. The molecule has 26 heavy (non-hydrogen) atoms. The minimum atomic E-state index is -0.719. The first-order valence-corrected chi connectivity index (χ1v) is 10.1. The molecular formula is C21H23NO3S. The van der Waals surface area contributed by atoms with Gasteiger partial charge in [0.15, 0.2) is 0 Å². The van der Waals surface area contributed by atoms with Gasteiger partial charge < -0.3 is 14.8 Å². The Labute approximate surface area is 156 Å². The number of fused-ring (bicyclic) bond motifs is 1. The molecule has 1 aliphatic carbocycles.